The molecule has 0 unspecified atom stereocenters. The van der Waals surface area contributed by atoms with E-state index < -0.39 is 0 Å². The monoisotopic (exact) mass is 468 g/mol. The van der Waals surface area contributed by atoms with E-state index >= 15 is 0 Å². The first-order valence-electron chi connectivity index (χ1n) is 14.5. The molecule has 10 atom stereocenters. The molecule has 0 aromatic heterocycles. The largest absolute Gasteiger partial charge is 0.462 e. The van der Waals surface area contributed by atoms with Gasteiger partial charge in [-0.1, -0.05) is 53.7 Å². The van der Waals surface area contributed by atoms with Gasteiger partial charge in [-0.15, -0.1) is 0 Å². The molecular formula is C32H52O2. The van der Waals surface area contributed by atoms with E-state index in [0.717, 1.165) is 30.1 Å². The van der Waals surface area contributed by atoms with Crippen molar-refractivity contribution in [1.29, 1.82) is 0 Å². The van der Waals surface area contributed by atoms with Crippen LogP contribution in [-0.2, 0) is 9.53 Å². The summed E-state index contributed by atoms with van der Waals surface area (Å²) in [6, 6.07) is 0. The number of esters is 1. The van der Waals surface area contributed by atoms with Crippen LogP contribution in [0.25, 0.3) is 0 Å². The van der Waals surface area contributed by atoms with Gasteiger partial charge < -0.3 is 4.74 Å². The highest BCUT2D eigenvalue weighted by Crippen LogP contribution is 2.77. The smallest absolute Gasteiger partial charge is 0.302 e. The molecule has 5 saturated carbocycles. The van der Waals surface area contributed by atoms with E-state index in [1.165, 1.54) is 63.4 Å². The molecule has 0 aromatic rings. The Labute approximate surface area is 210 Å². The van der Waals surface area contributed by atoms with Gasteiger partial charge in [0, 0.05) is 12.3 Å². The Morgan fingerprint density at radius 2 is 1.47 bits per heavy atom. The van der Waals surface area contributed by atoms with Crippen molar-refractivity contribution < 1.29 is 9.53 Å². The van der Waals surface area contributed by atoms with Crippen molar-refractivity contribution in [2.75, 3.05) is 0 Å². The number of allylic oxidation sites excluding steroid dienone is 1. The lowest BCUT2D eigenvalue weighted by atomic mass is 9.32. The maximum Gasteiger partial charge on any atom is 0.302 e. The minimum atomic E-state index is -0.107. The van der Waals surface area contributed by atoms with Gasteiger partial charge in [0.25, 0.3) is 0 Å². The van der Waals surface area contributed by atoms with Crippen LogP contribution in [0, 0.1) is 56.7 Å². The van der Waals surface area contributed by atoms with Crippen LogP contribution >= 0.6 is 0 Å². The zero-order valence-corrected chi connectivity index (χ0v) is 23.6. The normalized spacial score (nSPS) is 53.6. The molecule has 34 heavy (non-hydrogen) atoms. The molecule has 2 nitrogen and oxygen atoms in total. The van der Waals surface area contributed by atoms with Gasteiger partial charge in [0.1, 0.15) is 6.10 Å². The van der Waals surface area contributed by atoms with Gasteiger partial charge in [0.2, 0.25) is 0 Å². The van der Waals surface area contributed by atoms with E-state index in [0.29, 0.717) is 27.6 Å². The van der Waals surface area contributed by atoms with Crippen molar-refractivity contribution in [2.24, 2.45) is 56.7 Å². The van der Waals surface area contributed by atoms with Gasteiger partial charge in [-0.05, 0) is 122 Å². The van der Waals surface area contributed by atoms with Gasteiger partial charge in [0.15, 0.2) is 0 Å². The quantitative estimate of drug-likeness (QED) is 0.299. The van der Waals surface area contributed by atoms with Crippen LogP contribution < -0.4 is 0 Å². The summed E-state index contributed by atoms with van der Waals surface area (Å²) in [7, 11) is 0. The third kappa shape index (κ3) is 3.08. The zero-order valence-electron chi connectivity index (χ0n) is 23.6. The van der Waals surface area contributed by atoms with E-state index in [2.05, 4.69) is 55.0 Å². The lowest BCUT2D eigenvalue weighted by molar-refractivity contribution is -0.248. The second kappa shape index (κ2) is 7.61. The SMILES string of the molecule is C=C(C)[C@@H]1CC[C@]2(C)CC[C@]3(C)[C@H](CC[C@H]4[C@@]5(C)CC[C@H](OC(C)=O)C(C)(C)[C@@H]5CC[C@]43C)[C@@H]12. The Bertz CT molecular complexity index is 872. The number of hydrogen-bond acceptors (Lipinski definition) is 2. The molecular weight excluding hydrogens is 416 g/mol. The maximum atomic E-state index is 11.9. The first-order valence-corrected chi connectivity index (χ1v) is 14.5. The molecule has 5 rings (SSSR count). The van der Waals surface area contributed by atoms with Gasteiger partial charge >= 0.3 is 5.97 Å². The Morgan fingerprint density at radius 1 is 0.765 bits per heavy atom. The third-order valence-electron chi connectivity index (χ3n) is 13.7. The Hall–Kier alpha value is -0.790. The predicted octanol–water partition coefficient (Wildman–Crippen LogP) is 8.60. The van der Waals surface area contributed by atoms with Gasteiger partial charge in [-0.25, -0.2) is 0 Å². The van der Waals surface area contributed by atoms with Gasteiger partial charge in [0.05, 0.1) is 0 Å². The van der Waals surface area contributed by atoms with E-state index in [-0.39, 0.29) is 17.5 Å². The maximum absolute atomic E-state index is 11.9. The second-order valence-electron chi connectivity index (χ2n) is 15.3. The average Bonchev–Trinajstić information content (AvgIpc) is 3.08. The molecule has 0 spiro atoms. The summed E-state index contributed by atoms with van der Waals surface area (Å²) < 4.78 is 5.91. The number of hydrogen-bond donors (Lipinski definition) is 0. The fraction of sp³-hybridized carbons (Fsp3) is 0.906. The van der Waals surface area contributed by atoms with Crippen LogP contribution in [0.2, 0.25) is 0 Å². The van der Waals surface area contributed by atoms with Crippen molar-refractivity contribution in [3.8, 4) is 0 Å². The van der Waals surface area contributed by atoms with Crippen LogP contribution in [-0.4, -0.2) is 12.1 Å². The molecule has 0 bridgehead atoms. The second-order valence-corrected chi connectivity index (χ2v) is 15.3. The van der Waals surface area contributed by atoms with Crippen LogP contribution in [0.15, 0.2) is 12.2 Å². The van der Waals surface area contributed by atoms with Crippen molar-refractivity contribution in [1.82, 2.24) is 0 Å². The van der Waals surface area contributed by atoms with Crippen molar-refractivity contribution in [2.45, 2.75) is 126 Å². The number of carbonyl (C=O) groups is 1. The summed E-state index contributed by atoms with van der Waals surface area (Å²) in [5.74, 6) is 3.74. The molecule has 0 saturated heterocycles. The number of fused-ring (bicyclic) bond motifs is 7. The van der Waals surface area contributed by atoms with Crippen LogP contribution in [0.5, 0.6) is 0 Å². The van der Waals surface area contributed by atoms with Gasteiger partial charge in [-0.3, -0.25) is 4.79 Å². The highest BCUT2D eigenvalue weighted by atomic mass is 16.5. The summed E-state index contributed by atoms with van der Waals surface area (Å²) in [5, 5.41) is 0. The Kier molecular flexibility index (Phi) is 5.57. The van der Waals surface area contributed by atoms with Crippen molar-refractivity contribution in [3.63, 3.8) is 0 Å². The van der Waals surface area contributed by atoms with E-state index in [9.17, 15) is 4.79 Å². The standard InChI is InChI=1S/C32H52O2/c1-20(2)22-12-15-29(6)18-19-31(8)23(27(22)29)10-11-25-30(7)16-14-26(34-21(3)33)28(4,5)24(30)13-17-32(25,31)9/h22-27H,1,10-19H2,2-9H3/t22-,23+,24-,25-,26-,27+,29+,30-,31+,32+/m0/s1. The van der Waals surface area contributed by atoms with Gasteiger partial charge in [-0.2, -0.15) is 0 Å². The summed E-state index contributed by atoms with van der Waals surface area (Å²) in [4.78, 5) is 11.9. The lowest BCUT2D eigenvalue weighted by Gasteiger charge is -2.73. The van der Waals surface area contributed by atoms with Crippen LogP contribution in [0.1, 0.15) is 120 Å². The van der Waals surface area contributed by atoms with Crippen LogP contribution in [0.3, 0.4) is 0 Å². The summed E-state index contributed by atoms with van der Waals surface area (Å²) in [5.41, 5.74) is 3.23. The first kappa shape index (κ1) is 24.9. The molecule has 2 heteroatoms. The molecule has 0 radical (unpaired) electrons. The number of carbonyl (C=O) groups excluding carboxylic acids is 1. The Morgan fingerprint density at radius 3 is 2.12 bits per heavy atom. The molecule has 5 fully saturated rings. The highest BCUT2D eigenvalue weighted by Gasteiger charge is 2.70. The molecule has 5 aliphatic carbocycles. The molecule has 0 heterocycles. The van der Waals surface area contributed by atoms with Crippen LogP contribution in [0.4, 0.5) is 0 Å². The van der Waals surface area contributed by atoms with E-state index in [1.54, 1.807) is 6.92 Å². The molecule has 0 N–H and O–H groups in total. The number of rotatable bonds is 2. The van der Waals surface area contributed by atoms with E-state index in [1.807, 2.05) is 0 Å². The molecule has 0 amide bonds. The third-order valence-corrected chi connectivity index (χ3v) is 13.7. The number of ether oxygens (including phenoxy) is 1. The topological polar surface area (TPSA) is 26.3 Å². The average molecular weight is 469 g/mol. The molecule has 0 aromatic carbocycles. The highest BCUT2D eigenvalue weighted by molar-refractivity contribution is 5.66. The first-order chi connectivity index (χ1) is 15.7. The molecule has 5 aliphatic rings. The zero-order chi connectivity index (χ0) is 24.9. The molecule has 0 aliphatic heterocycles. The summed E-state index contributed by atoms with van der Waals surface area (Å²) >= 11 is 0. The van der Waals surface area contributed by atoms with Crippen molar-refractivity contribution >= 4 is 5.97 Å². The minimum absolute atomic E-state index is 0.0550. The van der Waals surface area contributed by atoms with Crippen molar-refractivity contribution in [3.05, 3.63) is 12.2 Å². The molecule has 192 valence electrons. The summed E-state index contributed by atoms with van der Waals surface area (Å²) in [6.07, 6.45) is 13.4. The fourth-order valence-electron chi connectivity index (χ4n) is 11.9. The van der Waals surface area contributed by atoms with E-state index in [4.69, 9.17) is 4.74 Å². The Balaban J connectivity index is 1.50. The fourth-order valence-corrected chi connectivity index (χ4v) is 11.9. The lowest BCUT2D eigenvalue weighted by Crippen LogP contribution is -2.66. The summed E-state index contributed by atoms with van der Waals surface area (Å²) in [6.45, 7) is 23.9. The predicted molar refractivity (Wildman–Crippen MR) is 140 cm³/mol. The minimum Gasteiger partial charge on any atom is -0.462 e.